The van der Waals surface area contributed by atoms with Gasteiger partial charge in [-0.25, -0.2) is 0 Å². The van der Waals surface area contributed by atoms with E-state index in [2.05, 4.69) is 19.9 Å². The third kappa shape index (κ3) is 2.33. The highest BCUT2D eigenvalue weighted by Crippen LogP contribution is 2.18. The maximum absolute atomic E-state index is 11.5. The van der Waals surface area contributed by atoms with Crippen LogP contribution in [0.2, 0.25) is 0 Å². The number of nitrogens with zero attached hydrogens (tertiary/aromatic N) is 2. The van der Waals surface area contributed by atoms with Crippen LogP contribution in [0.3, 0.4) is 0 Å². The van der Waals surface area contributed by atoms with Gasteiger partial charge >= 0.3 is 0 Å². The normalized spacial score (nSPS) is 10.1. The molecule has 3 heteroatoms. The molecule has 3 nitrogen and oxygen atoms in total. The number of ketones is 1. The highest BCUT2D eigenvalue weighted by Gasteiger charge is 2.16. The van der Waals surface area contributed by atoms with Crippen molar-refractivity contribution in [1.82, 2.24) is 4.57 Å². The molecule has 0 radical (unpaired) electrons. The zero-order chi connectivity index (χ0) is 12.1. The largest absolute Gasteiger partial charge is 0.341 e. The quantitative estimate of drug-likeness (QED) is 0.713. The van der Waals surface area contributed by atoms with Crippen LogP contribution in [0, 0.1) is 11.3 Å². The van der Waals surface area contributed by atoms with Crippen molar-refractivity contribution in [2.24, 2.45) is 0 Å². The van der Waals surface area contributed by atoms with Crippen molar-refractivity contribution in [2.75, 3.05) is 0 Å². The Kier molecular flexibility index (Phi) is 4.30. The van der Waals surface area contributed by atoms with Crippen molar-refractivity contribution in [1.29, 1.82) is 5.26 Å². The molecule has 0 fully saturated rings. The van der Waals surface area contributed by atoms with Crippen molar-refractivity contribution in [3.05, 3.63) is 23.0 Å². The Hall–Kier alpha value is -1.56. The lowest BCUT2D eigenvalue weighted by Crippen LogP contribution is -2.09. The van der Waals surface area contributed by atoms with Crippen LogP contribution in [0.15, 0.2) is 6.07 Å². The van der Waals surface area contributed by atoms with Crippen LogP contribution in [0.5, 0.6) is 0 Å². The molecule has 1 heterocycles. The van der Waals surface area contributed by atoms with Crippen LogP contribution >= 0.6 is 0 Å². The highest BCUT2D eigenvalue weighted by molar-refractivity contribution is 5.93. The van der Waals surface area contributed by atoms with Crippen LogP contribution in [-0.2, 0) is 13.0 Å². The fraction of sp³-hybridized carbons (Fsp3) is 0.538. The number of rotatable bonds is 5. The molecule has 0 aromatic carbocycles. The number of hydrogen-bond acceptors (Lipinski definition) is 2. The fourth-order valence-electron chi connectivity index (χ4n) is 1.96. The Bertz CT molecular complexity index is 424. The van der Waals surface area contributed by atoms with E-state index in [1.807, 2.05) is 4.57 Å². The molecule has 0 saturated heterocycles. The number of hydrogen-bond donors (Lipinski definition) is 0. The Balaban J connectivity index is 3.30. The lowest BCUT2D eigenvalue weighted by atomic mass is 10.2. The van der Waals surface area contributed by atoms with Gasteiger partial charge in [-0.15, -0.1) is 0 Å². The van der Waals surface area contributed by atoms with Crippen LogP contribution in [0.25, 0.3) is 0 Å². The summed E-state index contributed by atoms with van der Waals surface area (Å²) in [4.78, 5) is 11.5. The summed E-state index contributed by atoms with van der Waals surface area (Å²) in [5, 5.41) is 9.06. The minimum Gasteiger partial charge on any atom is -0.341 e. The minimum absolute atomic E-state index is 0.0345. The smallest absolute Gasteiger partial charge is 0.176 e. The molecule has 0 aliphatic carbocycles. The molecule has 0 bridgehead atoms. The standard InChI is InChI=1S/C13H18N2O/c1-4-6-12-11(9-14)8-13(10(3)16)15(12)7-5-2/h8H,4-7H2,1-3H3. The average Bonchev–Trinajstić information content (AvgIpc) is 2.59. The third-order valence-electron chi connectivity index (χ3n) is 2.62. The summed E-state index contributed by atoms with van der Waals surface area (Å²) < 4.78 is 2.00. The summed E-state index contributed by atoms with van der Waals surface area (Å²) >= 11 is 0. The first-order valence-corrected chi connectivity index (χ1v) is 5.79. The molecular weight excluding hydrogens is 200 g/mol. The van der Waals surface area contributed by atoms with Gasteiger partial charge in [0.15, 0.2) is 5.78 Å². The van der Waals surface area contributed by atoms with Gasteiger partial charge in [0.05, 0.1) is 11.3 Å². The van der Waals surface area contributed by atoms with E-state index >= 15 is 0 Å². The monoisotopic (exact) mass is 218 g/mol. The molecule has 0 N–H and O–H groups in total. The number of Topliss-reactive ketones (excluding diaryl/α,β-unsaturated/α-hetero) is 1. The van der Waals surface area contributed by atoms with Gasteiger partial charge in [0, 0.05) is 19.2 Å². The summed E-state index contributed by atoms with van der Waals surface area (Å²) in [6.07, 6.45) is 2.81. The molecule has 1 aromatic heterocycles. The molecule has 1 aromatic rings. The molecule has 0 aliphatic rings. The molecular formula is C13H18N2O. The Morgan fingerprint density at radius 3 is 2.56 bits per heavy atom. The summed E-state index contributed by atoms with van der Waals surface area (Å²) in [6, 6.07) is 3.91. The van der Waals surface area contributed by atoms with Gasteiger partial charge in [0.1, 0.15) is 6.07 Å². The van der Waals surface area contributed by atoms with E-state index in [0.29, 0.717) is 11.3 Å². The lowest BCUT2D eigenvalue weighted by molar-refractivity contribution is 0.100. The van der Waals surface area contributed by atoms with Gasteiger partial charge in [-0.2, -0.15) is 5.26 Å². The van der Waals surface area contributed by atoms with Crippen LogP contribution in [-0.4, -0.2) is 10.4 Å². The molecule has 1 rings (SSSR count). The summed E-state index contributed by atoms with van der Waals surface area (Å²) in [5.74, 6) is 0.0345. The summed E-state index contributed by atoms with van der Waals surface area (Å²) in [7, 11) is 0. The van der Waals surface area contributed by atoms with Crippen molar-refractivity contribution < 1.29 is 4.79 Å². The van der Waals surface area contributed by atoms with Crippen molar-refractivity contribution >= 4 is 5.78 Å². The number of carbonyl (C=O) groups is 1. The predicted molar refractivity (Wildman–Crippen MR) is 63.4 cm³/mol. The first kappa shape index (κ1) is 12.5. The third-order valence-corrected chi connectivity index (χ3v) is 2.62. The van der Waals surface area contributed by atoms with Crippen molar-refractivity contribution in [3.63, 3.8) is 0 Å². The lowest BCUT2D eigenvalue weighted by Gasteiger charge is -2.10. The van der Waals surface area contributed by atoms with Gasteiger partial charge in [-0.05, 0) is 18.9 Å². The predicted octanol–water partition coefficient (Wildman–Crippen LogP) is 2.92. The zero-order valence-corrected chi connectivity index (χ0v) is 10.2. The minimum atomic E-state index is 0.0345. The van der Waals surface area contributed by atoms with Crippen LogP contribution in [0.4, 0.5) is 0 Å². The Labute approximate surface area is 96.7 Å². The molecule has 0 aliphatic heterocycles. The van der Waals surface area contributed by atoms with Gasteiger partial charge in [-0.3, -0.25) is 4.79 Å². The molecule has 0 saturated carbocycles. The van der Waals surface area contributed by atoms with Crippen molar-refractivity contribution in [3.8, 4) is 6.07 Å². The van der Waals surface area contributed by atoms with Gasteiger partial charge in [0.2, 0.25) is 0 Å². The molecule has 86 valence electrons. The van der Waals surface area contributed by atoms with E-state index in [-0.39, 0.29) is 5.78 Å². The molecule has 16 heavy (non-hydrogen) atoms. The second-order valence-corrected chi connectivity index (χ2v) is 3.96. The van der Waals surface area contributed by atoms with Gasteiger partial charge in [-0.1, -0.05) is 20.3 Å². The Morgan fingerprint density at radius 1 is 1.44 bits per heavy atom. The van der Waals surface area contributed by atoms with E-state index < -0.39 is 0 Å². The van der Waals surface area contributed by atoms with E-state index in [0.717, 1.165) is 31.5 Å². The summed E-state index contributed by atoms with van der Waals surface area (Å²) in [5.41, 5.74) is 2.33. The number of aromatic nitrogens is 1. The fourth-order valence-corrected chi connectivity index (χ4v) is 1.96. The first-order chi connectivity index (χ1) is 7.65. The number of carbonyl (C=O) groups excluding carboxylic acids is 1. The molecule has 0 unspecified atom stereocenters. The molecule has 0 amide bonds. The first-order valence-electron chi connectivity index (χ1n) is 5.79. The second-order valence-electron chi connectivity index (χ2n) is 3.96. The highest BCUT2D eigenvalue weighted by atomic mass is 16.1. The summed E-state index contributed by atoms with van der Waals surface area (Å²) in [6.45, 7) is 6.52. The zero-order valence-electron chi connectivity index (χ0n) is 10.2. The van der Waals surface area contributed by atoms with Crippen LogP contribution < -0.4 is 0 Å². The van der Waals surface area contributed by atoms with E-state index in [9.17, 15) is 4.79 Å². The molecule has 0 atom stereocenters. The average molecular weight is 218 g/mol. The van der Waals surface area contributed by atoms with Gasteiger partial charge < -0.3 is 4.57 Å². The SMILES string of the molecule is CCCc1c(C#N)cc(C(C)=O)n1CCC. The number of nitriles is 1. The van der Waals surface area contributed by atoms with E-state index in [1.54, 1.807) is 13.0 Å². The Morgan fingerprint density at radius 2 is 2.12 bits per heavy atom. The maximum atomic E-state index is 11.5. The molecule has 0 spiro atoms. The topological polar surface area (TPSA) is 45.8 Å². The van der Waals surface area contributed by atoms with E-state index in [4.69, 9.17) is 5.26 Å². The second kappa shape index (κ2) is 5.50. The van der Waals surface area contributed by atoms with Gasteiger partial charge in [0.25, 0.3) is 0 Å². The van der Waals surface area contributed by atoms with E-state index in [1.165, 1.54) is 0 Å². The van der Waals surface area contributed by atoms with Crippen LogP contribution in [0.1, 0.15) is 55.4 Å². The van der Waals surface area contributed by atoms with Crippen molar-refractivity contribution in [2.45, 2.75) is 46.6 Å². The maximum Gasteiger partial charge on any atom is 0.176 e.